The van der Waals surface area contributed by atoms with Crippen LogP contribution in [0.15, 0.2) is 65.7 Å². The average Bonchev–Trinajstić information content (AvgIpc) is 3.59. The molecule has 0 spiro atoms. The zero-order valence-electron chi connectivity index (χ0n) is 21.1. The van der Waals surface area contributed by atoms with Crippen LogP contribution < -0.4 is 20.7 Å². The minimum absolute atomic E-state index is 0.217. The van der Waals surface area contributed by atoms with E-state index in [1.54, 1.807) is 66.5 Å². The molecule has 1 aliphatic heterocycles. The summed E-state index contributed by atoms with van der Waals surface area (Å²) in [5.41, 5.74) is 5.94. The van der Waals surface area contributed by atoms with Gasteiger partial charge in [0.15, 0.2) is 5.15 Å². The van der Waals surface area contributed by atoms with Crippen LogP contribution in [0.25, 0.3) is 16.8 Å². The number of carboxylic acids is 1. The highest BCUT2D eigenvalue weighted by atomic mass is 35.5. The minimum atomic E-state index is -0.977. The van der Waals surface area contributed by atoms with Gasteiger partial charge in [0.1, 0.15) is 5.75 Å². The van der Waals surface area contributed by atoms with Gasteiger partial charge in [0.25, 0.3) is 5.56 Å². The van der Waals surface area contributed by atoms with Crippen LogP contribution in [0.1, 0.15) is 29.9 Å². The molecule has 2 N–H and O–H groups in total. The van der Waals surface area contributed by atoms with Gasteiger partial charge in [0.2, 0.25) is 0 Å². The van der Waals surface area contributed by atoms with Crippen molar-refractivity contribution < 1.29 is 14.6 Å². The van der Waals surface area contributed by atoms with Crippen LogP contribution in [-0.2, 0) is 0 Å². The summed E-state index contributed by atoms with van der Waals surface area (Å²) >= 11 is 12.3. The second-order valence-corrected chi connectivity index (χ2v) is 9.69. The Bertz CT molecular complexity index is 1570. The number of nitrogens with one attached hydrogen (secondary N) is 1. The van der Waals surface area contributed by atoms with Gasteiger partial charge >= 0.3 is 5.97 Å². The van der Waals surface area contributed by atoms with E-state index in [2.05, 4.69) is 20.6 Å². The van der Waals surface area contributed by atoms with Crippen LogP contribution in [0.5, 0.6) is 5.75 Å². The number of pyridine rings is 1. The molecule has 13 heteroatoms. The Morgan fingerprint density at radius 1 is 1.13 bits per heavy atom. The number of aromatic nitrogens is 4. The molecule has 1 saturated heterocycles. The second-order valence-electron chi connectivity index (χ2n) is 8.86. The lowest BCUT2D eigenvalue weighted by atomic mass is 10.0. The summed E-state index contributed by atoms with van der Waals surface area (Å²) in [6.45, 7) is 2.97. The van der Waals surface area contributed by atoms with Crippen LogP contribution in [0.4, 0.5) is 5.69 Å². The van der Waals surface area contributed by atoms with E-state index in [0.717, 1.165) is 5.69 Å². The normalized spacial score (nSPS) is 14.5. The van der Waals surface area contributed by atoms with E-state index in [0.29, 0.717) is 47.3 Å². The molecule has 1 fully saturated rings. The Labute approximate surface area is 233 Å². The fourth-order valence-electron chi connectivity index (χ4n) is 4.66. The number of hydrazine groups is 1. The first-order valence-electron chi connectivity index (χ1n) is 12.1. The monoisotopic (exact) mass is 569 g/mol. The second kappa shape index (κ2) is 11.1. The third-order valence-corrected chi connectivity index (χ3v) is 6.95. The van der Waals surface area contributed by atoms with Crippen molar-refractivity contribution in [3.63, 3.8) is 0 Å². The van der Waals surface area contributed by atoms with Gasteiger partial charge in [-0.3, -0.25) is 14.4 Å². The Morgan fingerprint density at radius 2 is 1.90 bits per heavy atom. The van der Waals surface area contributed by atoms with E-state index in [4.69, 9.17) is 33.0 Å². The summed E-state index contributed by atoms with van der Waals surface area (Å²) in [7, 11) is 1.55. The van der Waals surface area contributed by atoms with Crippen molar-refractivity contribution in [1.82, 2.24) is 29.9 Å². The highest BCUT2D eigenvalue weighted by molar-refractivity contribution is 6.31. The van der Waals surface area contributed by atoms with E-state index in [-0.39, 0.29) is 22.4 Å². The first kappa shape index (κ1) is 26.7. The lowest BCUT2D eigenvalue weighted by Gasteiger charge is -2.28. The van der Waals surface area contributed by atoms with E-state index < -0.39 is 5.97 Å². The lowest BCUT2D eigenvalue weighted by Crippen LogP contribution is -2.37. The number of halogens is 2. The first-order chi connectivity index (χ1) is 18.8. The summed E-state index contributed by atoms with van der Waals surface area (Å²) in [6, 6.07) is 13.4. The molecular weight excluding hydrogens is 545 g/mol. The van der Waals surface area contributed by atoms with E-state index >= 15 is 0 Å². The van der Waals surface area contributed by atoms with Gasteiger partial charge < -0.3 is 9.84 Å². The molecule has 0 radical (unpaired) electrons. The lowest BCUT2D eigenvalue weighted by molar-refractivity contribution is 0.0697. The van der Waals surface area contributed by atoms with Gasteiger partial charge in [-0.2, -0.15) is 0 Å². The van der Waals surface area contributed by atoms with Gasteiger partial charge in [0, 0.05) is 22.2 Å². The molecule has 3 heterocycles. The molecule has 11 nitrogen and oxygen atoms in total. The highest BCUT2D eigenvalue weighted by Gasteiger charge is 2.28. The summed E-state index contributed by atoms with van der Waals surface area (Å²) in [6.07, 6.45) is 3.64. The molecule has 2 aromatic heterocycles. The Morgan fingerprint density at radius 3 is 2.54 bits per heavy atom. The van der Waals surface area contributed by atoms with Crippen LogP contribution in [0.2, 0.25) is 10.2 Å². The first-order valence-corrected chi connectivity index (χ1v) is 12.8. The standard InChI is InChI=1S/C26H25Cl2N7O4/c1-3-24(32-14-29-35(15-32)18-7-4-16(5-8-18)26(37)38)33-12-22(39-2)20(11-25(33)36)19-10-17(27)6-9-21(19)34-13-23(28)30-31-34/h4-13,24,29H,3,14-15H2,1-2H3,(H,37,38)/t24-/m0/s1. The molecule has 202 valence electrons. The zero-order valence-corrected chi connectivity index (χ0v) is 22.6. The molecule has 5 rings (SSSR count). The Kier molecular flexibility index (Phi) is 7.58. The molecule has 0 bridgehead atoms. The van der Waals surface area contributed by atoms with Crippen LogP contribution in [0.3, 0.4) is 0 Å². The highest BCUT2D eigenvalue weighted by Crippen LogP contribution is 2.36. The fraction of sp³-hybridized carbons (Fsp3) is 0.231. The summed E-state index contributed by atoms with van der Waals surface area (Å²) in [4.78, 5) is 26.8. The van der Waals surface area contributed by atoms with Crippen molar-refractivity contribution in [3.05, 3.63) is 87.0 Å². The number of nitrogens with zero attached hydrogens (tertiary/aromatic N) is 6. The van der Waals surface area contributed by atoms with E-state index in [9.17, 15) is 9.59 Å². The average molecular weight is 570 g/mol. The molecule has 0 unspecified atom stereocenters. The number of carbonyl (C=O) groups is 1. The maximum absolute atomic E-state index is 13.5. The molecule has 0 saturated carbocycles. The predicted octanol–water partition coefficient (Wildman–Crippen LogP) is 4.26. The Balaban J connectivity index is 1.47. The summed E-state index contributed by atoms with van der Waals surface area (Å²) in [5, 5.41) is 19.7. The number of hydrogen-bond donors (Lipinski definition) is 2. The number of rotatable bonds is 8. The number of hydrogen-bond acceptors (Lipinski definition) is 8. The van der Waals surface area contributed by atoms with Crippen molar-refractivity contribution in [1.29, 1.82) is 0 Å². The predicted molar refractivity (Wildman–Crippen MR) is 148 cm³/mol. The molecule has 0 aliphatic carbocycles. The van der Waals surface area contributed by atoms with E-state index in [1.807, 2.05) is 11.9 Å². The minimum Gasteiger partial charge on any atom is -0.495 e. The summed E-state index contributed by atoms with van der Waals surface area (Å²) < 4.78 is 8.91. The molecule has 4 aromatic rings. The van der Waals surface area contributed by atoms with Crippen molar-refractivity contribution >= 4 is 34.9 Å². The molecule has 2 aromatic carbocycles. The van der Waals surface area contributed by atoms with Gasteiger partial charge in [-0.15, -0.1) is 5.10 Å². The number of aromatic carboxylic acids is 1. The van der Waals surface area contributed by atoms with Gasteiger partial charge in [-0.1, -0.05) is 35.3 Å². The van der Waals surface area contributed by atoms with Crippen molar-refractivity contribution in [2.45, 2.75) is 19.5 Å². The van der Waals surface area contributed by atoms with Crippen LogP contribution in [-0.4, -0.2) is 56.0 Å². The Hall–Kier alpha value is -3.90. The number of ether oxygens (including phenoxy) is 1. The SMILES string of the molecule is CC[C@@H](N1CNN(c2ccc(C(=O)O)cc2)C1)n1cc(OC)c(-c2cc(Cl)ccc2-n2cc(Cl)nn2)cc1=O. The van der Waals surface area contributed by atoms with Crippen molar-refractivity contribution in [2.75, 3.05) is 25.5 Å². The molecular formula is C26H25Cl2N7O4. The number of benzene rings is 2. The third-order valence-electron chi connectivity index (χ3n) is 6.55. The molecule has 39 heavy (non-hydrogen) atoms. The molecule has 1 aliphatic rings. The van der Waals surface area contributed by atoms with Gasteiger partial charge in [-0.05, 0) is 48.9 Å². The fourth-order valence-corrected chi connectivity index (χ4v) is 4.96. The van der Waals surface area contributed by atoms with Gasteiger partial charge in [0.05, 0.1) is 55.9 Å². The molecule has 1 atom stereocenters. The molecule has 0 amide bonds. The van der Waals surface area contributed by atoms with Crippen LogP contribution >= 0.6 is 23.2 Å². The van der Waals surface area contributed by atoms with Crippen LogP contribution in [0, 0.1) is 0 Å². The largest absolute Gasteiger partial charge is 0.495 e. The van der Waals surface area contributed by atoms with Crippen molar-refractivity contribution in [3.8, 4) is 22.6 Å². The van der Waals surface area contributed by atoms with Crippen molar-refractivity contribution in [2.24, 2.45) is 0 Å². The number of anilines is 1. The topological polar surface area (TPSA) is 118 Å². The quantitative estimate of drug-likeness (QED) is 0.321. The maximum atomic E-state index is 13.5. The summed E-state index contributed by atoms with van der Waals surface area (Å²) in [5.74, 6) is -0.494. The number of methoxy groups -OCH3 is 1. The number of carboxylic acid groups (broad SMARTS) is 1. The smallest absolute Gasteiger partial charge is 0.335 e. The van der Waals surface area contributed by atoms with E-state index in [1.165, 1.54) is 10.7 Å². The third kappa shape index (κ3) is 5.34. The maximum Gasteiger partial charge on any atom is 0.335 e. The van der Waals surface area contributed by atoms with Gasteiger partial charge in [-0.25, -0.2) is 19.8 Å². The zero-order chi connectivity index (χ0) is 27.7.